The van der Waals surface area contributed by atoms with Crippen LogP contribution in [0, 0.1) is 0 Å². The third kappa shape index (κ3) is 4.84. The van der Waals surface area contributed by atoms with Gasteiger partial charge >= 0.3 is 0 Å². The van der Waals surface area contributed by atoms with E-state index in [0.717, 1.165) is 13.1 Å². The van der Waals surface area contributed by atoms with Crippen LogP contribution in [0.2, 0.25) is 0 Å². The lowest BCUT2D eigenvalue weighted by Gasteiger charge is -2.01. The highest BCUT2D eigenvalue weighted by atomic mass is 35.5. The zero-order valence-corrected chi connectivity index (χ0v) is 21.4. The van der Waals surface area contributed by atoms with Gasteiger partial charge in [0.25, 0.3) is 0 Å². The lowest BCUT2D eigenvalue weighted by molar-refractivity contribution is -0.672. The molecule has 6 heteroatoms. The fraction of sp³-hybridized carbons (Fsp3) is 0.286. The molecule has 0 unspecified atom stereocenters. The van der Waals surface area contributed by atoms with Crippen molar-refractivity contribution in [2.45, 2.75) is 52.6 Å². The molecule has 0 spiro atoms. The van der Waals surface area contributed by atoms with Crippen LogP contribution >= 0.6 is 0 Å². The summed E-state index contributed by atoms with van der Waals surface area (Å²) in [6.45, 7) is 6.58. The predicted molar refractivity (Wildman–Crippen MR) is 130 cm³/mol. The molecule has 0 amide bonds. The van der Waals surface area contributed by atoms with Crippen molar-refractivity contribution in [2.75, 3.05) is 0 Å². The normalized spacial score (nSPS) is 10.9. The molecule has 34 heavy (non-hydrogen) atoms. The lowest BCUT2D eigenvalue weighted by atomic mass is 10.2. The van der Waals surface area contributed by atoms with Crippen LogP contribution in [0.4, 0.5) is 0 Å². The van der Waals surface area contributed by atoms with Crippen LogP contribution in [0.25, 0.3) is 33.4 Å². The Morgan fingerprint density at radius 2 is 1.03 bits per heavy atom. The molecule has 5 aromatic rings. The van der Waals surface area contributed by atoms with Crippen molar-refractivity contribution in [3.63, 3.8) is 0 Å². The van der Waals surface area contributed by atoms with Crippen LogP contribution in [-0.2, 0) is 13.1 Å². The third-order valence-corrected chi connectivity index (χ3v) is 6.30. The standard InChI is InChI=1S/C28H32N4.2ClH/c1-3-5-18-29-21-31(27-16-9-7-14-25(27)29)23-12-11-13-24(20-23)32-22-30(19-6-4-2)26-15-8-10-17-28(26)32;;/h7-17,20-22H,3-6,18-19H2,1-2H3;2*1H/q+2;;/p-2. The Morgan fingerprint density at radius 1 is 0.588 bits per heavy atom. The molecule has 0 fully saturated rings. The molecular weight excluding hydrogens is 463 g/mol. The average Bonchev–Trinajstić information content (AvgIpc) is 3.40. The number of halogens is 2. The summed E-state index contributed by atoms with van der Waals surface area (Å²) in [5, 5.41) is 0. The van der Waals surface area contributed by atoms with E-state index >= 15 is 0 Å². The number of unbranched alkanes of at least 4 members (excludes halogenated alkanes) is 2. The smallest absolute Gasteiger partial charge is 0.249 e. The fourth-order valence-electron chi connectivity index (χ4n) is 4.57. The van der Waals surface area contributed by atoms with Crippen LogP contribution in [0.1, 0.15) is 39.5 Å². The summed E-state index contributed by atoms with van der Waals surface area (Å²) < 4.78 is 9.42. The molecule has 0 aliphatic carbocycles. The first kappa shape index (κ1) is 25.8. The van der Waals surface area contributed by atoms with Crippen LogP contribution in [0.5, 0.6) is 0 Å². The molecule has 0 aliphatic rings. The van der Waals surface area contributed by atoms with Crippen molar-refractivity contribution in [1.29, 1.82) is 0 Å². The summed E-state index contributed by atoms with van der Waals surface area (Å²) in [5.74, 6) is 0. The Labute approximate surface area is 214 Å². The predicted octanol–water partition coefficient (Wildman–Crippen LogP) is -0.242. The van der Waals surface area contributed by atoms with E-state index in [0.29, 0.717) is 0 Å². The number of rotatable bonds is 8. The first-order valence-electron chi connectivity index (χ1n) is 11.9. The lowest BCUT2D eigenvalue weighted by Crippen LogP contribution is -3.00. The summed E-state index contributed by atoms with van der Waals surface area (Å²) >= 11 is 0. The van der Waals surface area contributed by atoms with E-state index in [2.05, 4.69) is 118 Å². The average molecular weight is 495 g/mol. The van der Waals surface area contributed by atoms with Gasteiger partial charge in [0, 0.05) is 6.07 Å². The van der Waals surface area contributed by atoms with Gasteiger partial charge in [-0.25, -0.2) is 9.13 Å². The Balaban J connectivity index is 0.00000162. The maximum absolute atomic E-state index is 2.38. The summed E-state index contributed by atoms with van der Waals surface area (Å²) in [4.78, 5) is 0. The van der Waals surface area contributed by atoms with Gasteiger partial charge in [-0.15, -0.1) is 0 Å². The monoisotopic (exact) mass is 494 g/mol. The minimum Gasteiger partial charge on any atom is -1.00 e. The van der Waals surface area contributed by atoms with Gasteiger partial charge in [0.1, 0.15) is 11.4 Å². The highest BCUT2D eigenvalue weighted by Gasteiger charge is 2.20. The van der Waals surface area contributed by atoms with Gasteiger partial charge in [-0.05, 0) is 49.2 Å². The van der Waals surface area contributed by atoms with Gasteiger partial charge in [-0.3, -0.25) is 0 Å². The summed E-state index contributed by atoms with van der Waals surface area (Å²) in [6.07, 6.45) is 9.28. The summed E-state index contributed by atoms with van der Waals surface area (Å²) in [7, 11) is 0. The maximum atomic E-state index is 2.38. The third-order valence-electron chi connectivity index (χ3n) is 6.30. The van der Waals surface area contributed by atoms with E-state index in [4.69, 9.17) is 0 Å². The molecule has 4 nitrogen and oxygen atoms in total. The Bertz CT molecular complexity index is 1270. The Hall–Kier alpha value is -2.82. The van der Waals surface area contributed by atoms with Crippen molar-refractivity contribution in [3.05, 3.63) is 85.5 Å². The van der Waals surface area contributed by atoms with Gasteiger partial charge in [-0.2, -0.15) is 9.13 Å². The summed E-state index contributed by atoms with van der Waals surface area (Å²) in [6, 6.07) is 26.3. The second-order valence-electron chi connectivity index (χ2n) is 8.56. The van der Waals surface area contributed by atoms with Gasteiger partial charge in [0.05, 0.1) is 13.1 Å². The van der Waals surface area contributed by atoms with Crippen molar-refractivity contribution < 1.29 is 33.9 Å². The van der Waals surface area contributed by atoms with Crippen LogP contribution in [-0.4, -0.2) is 9.13 Å². The number of aryl methyl sites for hydroxylation is 2. The Morgan fingerprint density at radius 3 is 1.47 bits per heavy atom. The van der Waals surface area contributed by atoms with Gasteiger partial charge < -0.3 is 24.8 Å². The van der Waals surface area contributed by atoms with Crippen molar-refractivity contribution in [1.82, 2.24) is 9.13 Å². The van der Waals surface area contributed by atoms with Gasteiger partial charge in [0.15, 0.2) is 22.1 Å². The number of aromatic nitrogens is 4. The molecular formula is C28H32Cl2N4. The maximum Gasteiger partial charge on any atom is 0.249 e. The quantitative estimate of drug-likeness (QED) is 0.265. The first-order chi connectivity index (χ1) is 15.8. The second-order valence-corrected chi connectivity index (χ2v) is 8.56. The molecule has 0 radical (unpaired) electrons. The molecule has 5 rings (SSSR count). The minimum atomic E-state index is 0. The molecule has 0 saturated carbocycles. The van der Waals surface area contributed by atoms with E-state index in [1.54, 1.807) is 0 Å². The molecule has 2 heterocycles. The molecule has 0 atom stereocenters. The first-order valence-corrected chi connectivity index (χ1v) is 11.9. The largest absolute Gasteiger partial charge is 1.00 e. The van der Waals surface area contributed by atoms with Crippen molar-refractivity contribution in [3.8, 4) is 11.4 Å². The van der Waals surface area contributed by atoms with E-state index < -0.39 is 0 Å². The van der Waals surface area contributed by atoms with Crippen LogP contribution in [0.3, 0.4) is 0 Å². The van der Waals surface area contributed by atoms with E-state index in [1.165, 1.54) is 59.1 Å². The molecule has 0 N–H and O–H groups in total. The zero-order chi connectivity index (χ0) is 21.9. The SMILES string of the molecule is CCCC[n+]1cn(-c2cccc(-n3c[n+](CCCC)c4ccccc43)c2)c2ccccc21.[Cl-].[Cl-]. The molecule has 3 aromatic carbocycles. The topological polar surface area (TPSA) is 17.6 Å². The van der Waals surface area contributed by atoms with Crippen molar-refractivity contribution >= 4 is 22.1 Å². The van der Waals surface area contributed by atoms with Crippen LogP contribution < -0.4 is 33.9 Å². The van der Waals surface area contributed by atoms with Gasteiger partial charge in [-0.1, -0.05) is 57.0 Å². The van der Waals surface area contributed by atoms with E-state index in [-0.39, 0.29) is 24.8 Å². The van der Waals surface area contributed by atoms with Gasteiger partial charge in [0.2, 0.25) is 12.7 Å². The number of hydrogen-bond acceptors (Lipinski definition) is 0. The molecule has 2 aromatic heterocycles. The zero-order valence-electron chi connectivity index (χ0n) is 19.9. The Kier molecular flexibility index (Phi) is 8.76. The van der Waals surface area contributed by atoms with E-state index in [1.807, 2.05) is 0 Å². The molecule has 0 aliphatic heterocycles. The second kappa shape index (κ2) is 11.5. The summed E-state index contributed by atoms with van der Waals surface area (Å²) in [5.41, 5.74) is 7.44. The number of para-hydroxylation sites is 4. The van der Waals surface area contributed by atoms with E-state index in [9.17, 15) is 0 Å². The number of imidazole rings is 2. The number of nitrogens with zero attached hydrogens (tertiary/aromatic N) is 4. The number of benzene rings is 3. The fourth-order valence-corrected chi connectivity index (χ4v) is 4.57. The molecule has 178 valence electrons. The molecule has 0 bridgehead atoms. The minimum absolute atomic E-state index is 0. The van der Waals surface area contributed by atoms with Crippen LogP contribution in [0.15, 0.2) is 85.5 Å². The highest BCUT2D eigenvalue weighted by molar-refractivity contribution is 5.76. The molecule has 0 saturated heterocycles. The highest BCUT2D eigenvalue weighted by Crippen LogP contribution is 2.22. The van der Waals surface area contributed by atoms with Crippen molar-refractivity contribution in [2.24, 2.45) is 0 Å². The number of fused-ring (bicyclic) bond motifs is 2. The number of hydrogen-bond donors (Lipinski definition) is 0.